The van der Waals surface area contributed by atoms with Crippen LogP contribution in [0.3, 0.4) is 0 Å². The number of sulfonamides is 1. The van der Waals surface area contributed by atoms with Crippen LogP contribution in [0.5, 0.6) is 5.75 Å². The summed E-state index contributed by atoms with van der Waals surface area (Å²) < 4.78 is 47.5. The number of rotatable bonds is 11. The number of likely N-dealkylation sites (N-methyl/N-ethyl adjacent to an activating group) is 1. The molecule has 3 aromatic carbocycles. The maximum Gasteiger partial charge on any atom is 0.264 e. The molecule has 1 unspecified atom stereocenters. The minimum Gasteiger partial charge on any atom is -0.494 e. The van der Waals surface area contributed by atoms with Crippen molar-refractivity contribution >= 4 is 50.7 Å². The standard InChI is InChI=1S/C27H28Cl2FN3O5S/c1-4-38-22-10-12-23(13-11-22)39(36,37)33(21-8-6-20(30)7-9-21)17-26(34)32(18(2)27(35)31-3)16-19-5-14-24(28)25(29)15-19/h5-15,18H,4,16-17H2,1-3H3,(H,31,35). The lowest BCUT2D eigenvalue weighted by molar-refractivity contribution is -0.139. The topological polar surface area (TPSA) is 96.0 Å². The normalized spacial score (nSPS) is 11.9. The van der Waals surface area contributed by atoms with Gasteiger partial charge < -0.3 is 15.0 Å². The van der Waals surface area contributed by atoms with E-state index >= 15 is 0 Å². The fourth-order valence-electron chi connectivity index (χ4n) is 3.76. The lowest BCUT2D eigenvalue weighted by atomic mass is 10.1. The van der Waals surface area contributed by atoms with Crippen LogP contribution in [0.1, 0.15) is 19.4 Å². The van der Waals surface area contributed by atoms with Crippen molar-refractivity contribution in [1.82, 2.24) is 10.2 Å². The molecule has 0 saturated carbocycles. The van der Waals surface area contributed by atoms with Crippen molar-refractivity contribution in [3.63, 3.8) is 0 Å². The average molecular weight is 597 g/mol. The van der Waals surface area contributed by atoms with Gasteiger partial charge in [-0.15, -0.1) is 0 Å². The first kappa shape index (κ1) is 30.2. The van der Waals surface area contributed by atoms with Crippen LogP contribution in [0, 0.1) is 5.82 Å². The summed E-state index contributed by atoms with van der Waals surface area (Å²) in [6.45, 7) is 3.02. The Morgan fingerprint density at radius 3 is 2.21 bits per heavy atom. The molecule has 3 aromatic rings. The number of hydrogen-bond acceptors (Lipinski definition) is 5. The number of carbonyl (C=O) groups is 2. The predicted octanol–water partition coefficient (Wildman–Crippen LogP) is 4.89. The highest BCUT2D eigenvalue weighted by atomic mass is 35.5. The first-order valence-electron chi connectivity index (χ1n) is 11.9. The van der Waals surface area contributed by atoms with Crippen LogP contribution in [-0.2, 0) is 26.2 Å². The Morgan fingerprint density at radius 2 is 1.64 bits per heavy atom. The molecule has 0 heterocycles. The molecule has 0 aliphatic heterocycles. The molecule has 0 bridgehead atoms. The largest absolute Gasteiger partial charge is 0.494 e. The Hall–Kier alpha value is -3.34. The number of nitrogens with one attached hydrogen (secondary N) is 1. The maximum absolute atomic E-state index is 13.8. The minimum atomic E-state index is -4.30. The van der Waals surface area contributed by atoms with Crippen molar-refractivity contribution in [2.75, 3.05) is 24.5 Å². The first-order chi connectivity index (χ1) is 18.5. The summed E-state index contributed by atoms with van der Waals surface area (Å²) >= 11 is 12.2. The van der Waals surface area contributed by atoms with Crippen LogP contribution in [0.2, 0.25) is 10.0 Å². The van der Waals surface area contributed by atoms with Gasteiger partial charge in [-0.05, 0) is 80.1 Å². The second-order valence-corrected chi connectivity index (χ2v) is 11.1. The Kier molecular flexibility index (Phi) is 10.2. The van der Waals surface area contributed by atoms with Gasteiger partial charge in [-0.25, -0.2) is 12.8 Å². The van der Waals surface area contributed by atoms with Crippen molar-refractivity contribution in [2.45, 2.75) is 31.3 Å². The van der Waals surface area contributed by atoms with Gasteiger partial charge in [0.05, 0.1) is 27.2 Å². The highest BCUT2D eigenvalue weighted by Crippen LogP contribution is 2.27. The van der Waals surface area contributed by atoms with Crippen molar-refractivity contribution in [2.24, 2.45) is 0 Å². The Morgan fingerprint density at radius 1 is 1.00 bits per heavy atom. The fourth-order valence-corrected chi connectivity index (χ4v) is 5.50. The Bertz CT molecular complexity index is 1420. The second kappa shape index (κ2) is 13.1. The number of amides is 2. The molecule has 8 nitrogen and oxygen atoms in total. The predicted molar refractivity (Wildman–Crippen MR) is 149 cm³/mol. The molecule has 0 fully saturated rings. The van der Waals surface area contributed by atoms with E-state index in [1.807, 2.05) is 0 Å². The van der Waals surface area contributed by atoms with Gasteiger partial charge in [0.1, 0.15) is 24.2 Å². The summed E-state index contributed by atoms with van der Waals surface area (Å²) in [6, 6.07) is 14.3. The lowest BCUT2D eigenvalue weighted by Crippen LogP contribution is -2.50. The van der Waals surface area contributed by atoms with Crippen LogP contribution in [0.4, 0.5) is 10.1 Å². The summed E-state index contributed by atoms with van der Waals surface area (Å²) in [5.41, 5.74) is 0.650. The summed E-state index contributed by atoms with van der Waals surface area (Å²) in [5.74, 6) is -1.21. The fraction of sp³-hybridized carbons (Fsp3) is 0.259. The van der Waals surface area contributed by atoms with Crippen LogP contribution < -0.4 is 14.4 Å². The maximum atomic E-state index is 13.8. The Balaban J connectivity index is 2.02. The van der Waals surface area contributed by atoms with E-state index in [4.69, 9.17) is 27.9 Å². The third-order valence-electron chi connectivity index (χ3n) is 5.87. The van der Waals surface area contributed by atoms with Gasteiger partial charge in [0.15, 0.2) is 0 Å². The summed E-state index contributed by atoms with van der Waals surface area (Å²) in [4.78, 5) is 27.4. The molecular weight excluding hydrogens is 568 g/mol. The van der Waals surface area contributed by atoms with Gasteiger partial charge >= 0.3 is 0 Å². The van der Waals surface area contributed by atoms with E-state index in [0.29, 0.717) is 22.9 Å². The molecule has 1 atom stereocenters. The molecule has 1 N–H and O–H groups in total. The smallest absolute Gasteiger partial charge is 0.264 e. The molecule has 0 aliphatic rings. The number of benzene rings is 3. The van der Waals surface area contributed by atoms with Gasteiger partial charge in [0.2, 0.25) is 11.8 Å². The number of anilines is 1. The van der Waals surface area contributed by atoms with E-state index in [1.54, 1.807) is 25.1 Å². The monoisotopic (exact) mass is 595 g/mol. The highest BCUT2D eigenvalue weighted by Gasteiger charge is 2.32. The van der Waals surface area contributed by atoms with Gasteiger partial charge in [-0.3, -0.25) is 13.9 Å². The molecule has 39 heavy (non-hydrogen) atoms. The van der Waals surface area contributed by atoms with Gasteiger partial charge in [0, 0.05) is 13.6 Å². The molecule has 0 saturated heterocycles. The van der Waals surface area contributed by atoms with Crippen LogP contribution >= 0.6 is 23.2 Å². The second-order valence-electron chi connectivity index (χ2n) is 8.45. The lowest BCUT2D eigenvalue weighted by Gasteiger charge is -2.31. The van der Waals surface area contributed by atoms with Gasteiger partial charge in [-0.1, -0.05) is 29.3 Å². The number of carbonyl (C=O) groups excluding carboxylic acids is 2. The SMILES string of the molecule is CCOc1ccc(S(=O)(=O)N(CC(=O)N(Cc2ccc(Cl)c(Cl)c2)C(C)C(=O)NC)c2ccc(F)cc2)cc1. The molecule has 0 aromatic heterocycles. The summed E-state index contributed by atoms with van der Waals surface area (Å²) in [5, 5.41) is 3.09. The first-order valence-corrected chi connectivity index (χ1v) is 14.1. The van der Waals surface area contributed by atoms with Crippen molar-refractivity contribution in [1.29, 1.82) is 0 Å². The highest BCUT2D eigenvalue weighted by molar-refractivity contribution is 7.92. The Labute approximate surface area is 237 Å². The molecular formula is C27H28Cl2FN3O5S. The molecule has 208 valence electrons. The van der Waals surface area contributed by atoms with Gasteiger partial charge in [-0.2, -0.15) is 0 Å². The van der Waals surface area contributed by atoms with E-state index in [-0.39, 0.29) is 22.2 Å². The zero-order chi connectivity index (χ0) is 28.7. The van der Waals surface area contributed by atoms with E-state index in [9.17, 15) is 22.4 Å². The molecule has 2 amide bonds. The van der Waals surface area contributed by atoms with Crippen LogP contribution in [0.15, 0.2) is 71.6 Å². The quantitative estimate of drug-likeness (QED) is 0.340. The molecule has 12 heteroatoms. The van der Waals surface area contributed by atoms with Crippen molar-refractivity contribution in [3.05, 3.63) is 88.2 Å². The third-order valence-corrected chi connectivity index (χ3v) is 8.39. The van der Waals surface area contributed by atoms with Crippen molar-refractivity contribution in [3.8, 4) is 5.75 Å². The molecule has 3 rings (SSSR count). The zero-order valence-corrected chi connectivity index (χ0v) is 23.9. The average Bonchev–Trinajstić information content (AvgIpc) is 2.92. The van der Waals surface area contributed by atoms with E-state index < -0.39 is 40.2 Å². The van der Waals surface area contributed by atoms with E-state index in [2.05, 4.69) is 5.32 Å². The molecule has 0 aliphatic carbocycles. The molecule has 0 radical (unpaired) electrons. The summed E-state index contributed by atoms with van der Waals surface area (Å²) in [7, 11) is -2.86. The molecule has 0 spiro atoms. The zero-order valence-electron chi connectivity index (χ0n) is 21.5. The van der Waals surface area contributed by atoms with E-state index in [0.717, 1.165) is 16.4 Å². The number of nitrogens with zero attached hydrogens (tertiary/aromatic N) is 2. The van der Waals surface area contributed by atoms with Gasteiger partial charge in [0.25, 0.3) is 10.0 Å². The summed E-state index contributed by atoms with van der Waals surface area (Å²) in [6.07, 6.45) is 0. The number of ether oxygens (including phenoxy) is 1. The number of halogens is 3. The number of hydrogen-bond donors (Lipinski definition) is 1. The third kappa shape index (κ3) is 7.40. The van der Waals surface area contributed by atoms with Crippen LogP contribution in [-0.4, -0.2) is 51.4 Å². The van der Waals surface area contributed by atoms with Crippen molar-refractivity contribution < 1.29 is 27.1 Å². The van der Waals surface area contributed by atoms with Crippen LogP contribution in [0.25, 0.3) is 0 Å². The minimum absolute atomic E-state index is 0.0509. The van der Waals surface area contributed by atoms with E-state index in [1.165, 1.54) is 55.3 Å².